The zero-order chi connectivity index (χ0) is 9.61. The second kappa shape index (κ2) is 5.55. The first kappa shape index (κ1) is 11.9. The lowest BCUT2D eigenvalue weighted by atomic mass is 10.1. The number of nitrogens with one attached hydrogen (secondary N) is 2. The molecule has 2 nitrogen and oxygen atoms in total. The van der Waals surface area contributed by atoms with Crippen LogP contribution in [0.3, 0.4) is 0 Å². The quantitative estimate of drug-likeness (QED) is 0.618. The zero-order valence-electron chi connectivity index (χ0n) is 9.20. The van der Waals surface area contributed by atoms with E-state index in [0.29, 0.717) is 6.04 Å². The van der Waals surface area contributed by atoms with Crippen molar-refractivity contribution >= 4 is 0 Å². The van der Waals surface area contributed by atoms with Gasteiger partial charge in [-0.3, -0.25) is 0 Å². The maximum Gasteiger partial charge on any atom is 0.00965 e. The first-order chi connectivity index (χ1) is 5.42. The molecule has 0 aromatic heterocycles. The minimum Gasteiger partial charge on any atom is -0.314 e. The average Bonchev–Trinajstić information content (AvgIpc) is 1.83. The van der Waals surface area contributed by atoms with Crippen molar-refractivity contribution < 1.29 is 0 Å². The number of rotatable bonds is 5. The molecule has 74 valence electrons. The van der Waals surface area contributed by atoms with Gasteiger partial charge < -0.3 is 10.6 Å². The minimum atomic E-state index is 0.262. The van der Waals surface area contributed by atoms with Crippen LogP contribution in [0, 0.1) is 0 Å². The molecule has 0 spiro atoms. The second-order valence-corrected chi connectivity index (χ2v) is 4.64. The molecule has 2 N–H and O–H groups in total. The van der Waals surface area contributed by atoms with Crippen LogP contribution < -0.4 is 10.6 Å². The van der Waals surface area contributed by atoms with Crippen LogP contribution in [-0.2, 0) is 0 Å². The van der Waals surface area contributed by atoms with Gasteiger partial charge in [-0.2, -0.15) is 0 Å². The smallest absolute Gasteiger partial charge is 0.00965 e. The Morgan fingerprint density at radius 1 is 1.08 bits per heavy atom. The highest BCUT2D eigenvalue weighted by Gasteiger charge is 2.06. The van der Waals surface area contributed by atoms with E-state index < -0.39 is 0 Å². The second-order valence-electron chi connectivity index (χ2n) is 4.64. The van der Waals surface area contributed by atoms with E-state index >= 15 is 0 Å². The van der Waals surface area contributed by atoms with Crippen molar-refractivity contribution in [1.29, 1.82) is 0 Å². The van der Waals surface area contributed by atoms with Crippen molar-refractivity contribution in [3.63, 3.8) is 0 Å². The predicted molar refractivity (Wildman–Crippen MR) is 55.5 cm³/mol. The molecule has 0 atom stereocenters. The molecule has 0 aliphatic carbocycles. The van der Waals surface area contributed by atoms with Gasteiger partial charge in [0.25, 0.3) is 0 Å². The summed E-state index contributed by atoms with van der Waals surface area (Å²) in [5, 5.41) is 6.85. The normalized spacial score (nSPS) is 12.5. The minimum absolute atomic E-state index is 0.262. The predicted octanol–water partition coefficient (Wildman–Crippen LogP) is 1.76. The van der Waals surface area contributed by atoms with E-state index in [1.807, 2.05) is 0 Å². The summed E-state index contributed by atoms with van der Waals surface area (Å²) in [6.45, 7) is 13.2. The highest BCUT2D eigenvalue weighted by Crippen LogP contribution is 1.97. The van der Waals surface area contributed by atoms with E-state index in [1.165, 1.54) is 6.42 Å². The molecule has 0 saturated heterocycles. The maximum absolute atomic E-state index is 3.46. The highest BCUT2D eigenvalue weighted by molar-refractivity contribution is 4.70. The summed E-state index contributed by atoms with van der Waals surface area (Å²) < 4.78 is 0. The van der Waals surface area contributed by atoms with Gasteiger partial charge in [0.05, 0.1) is 0 Å². The fourth-order valence-electron chi connectivity index (χ4n) is 0.943. The van der Waals surface area contributed by atoms with Crippen LogP contribution in [0.4, 0.5) is 0 Å². The van der Waals surface area contributed by atoms with Crippen molar-refractivity contribution in [3.8, 4) is 0 Å². The van der Waals surface area contributed by atoms with Crippen LogP contribution >= 0.6 is 0 Å². The summed E-state index contributed by atoms with van der Waals surface area (Å²) in [6.07, 6.45) is 1.20. The van der Waals surface area contributed by atoms with E-state index in [9.17, 15) is 0 Å². The molecule has 0 bridgehead atoms. The molecular formula is C10H24N2. The first-order valence-electron chi connectivity index (χ1n) is 4.90. The Morgan fingerprint density at radius 2 is 1.67 bits per heavy atom. The lowest BCUT2D eigenvalue weighted by molar-refractivity contribution is 0.415. The topological polar surface area (TPSA) is 24.1 Å². The fourth-order valence-corrected chi connectivity index (χ4v) is 0.943. The Balaban J connectivity index is 3.12. The Bertz CT molecular complexity index is 103. The van der Waals surface area contributed by atoms with Gasteiger partial charge in [0, 0.05) is 11.6 Å². The highest BCUT2D eigenvalue weighted by atomic mass is 15.0. The summed E-state index contributed by atoms with van der Waals surface area (Å²) in [5.41, 5.74) is 0.262. The summed E-state index contributed by atoms with van der Waals surface area (Å²) in [5.74, 6) is 0. The molecule has 0 unspecified atom stereocenters. The zero-order valence-corrected chi connectivity index (χ0v) is 9.20. The molecule has 12 heavy (non-hydrogen) atoms. The average molecular weight is 172 g/mol. The maximum atomic E-state index is 3.46. The molecule has 0 fully saturated rings. The van der Waals surface area contributed by atoms with Gasteiger partial charge in [0.1, 0.15) is 0 Å². The van der Waals surface area contributed by atoms with Gasteiger partial charge >= 0.3 is 0 Å². The molecule has 0 aliphatic heterocycles. The molecule has 0 saturated carbocycles. The SMILES string of the molecule is CC(C)NCCCNC(C)(C)C. The molecule has 0 aliphatic rings. The van der Waals surface area contributed by atoms with Crippen molar-refractivity contribution in [2.45, 2.75) is 52.6 Å². The Labute approximate surface area is 77.1 Å². The van der Waals surface area contributed by atoms with E-state index in [2.05, 4.69) is 45.3 Å². The van der Waals surface area contributed by atoms with Crippen molar-refractivity contribution in [2.24, 2.45) is 0 Å². The molecule has 0 amide bonds. The van der Waals surface area contributed by atoms with Gasteiger partial charge in [-0.1, -0.05) is 13.8 Å². The number of hydrogen-bond donors (Lipinski definition) is 2. The standard InChI is InChI=1S/C10H24N2/c1-9(2)11-7-6-8-12-10(3,4)5/h9,11-12H,6-8H2,1-5H3. The van der Waals surface area contributed by atoms with Crippen molar-refractivity contribution in [1.82, 2.24) is 10.6 Å². The van der Waals surface area contributed by atoms with Crippen LogP contribution in [-0.4, -0.2) is 24.7 Å². The third-order valence-electron chi connectivity index (χ3n) is 1.56. The first-order valence-corrected chi connectivity index (χ1v) is 4.90. The lowest BCUT2D eigenvalue weighted by Crippen LogP contribution is -2.37. The van der Waals surface area contributed by atoms with E-state index in [-0.39, 0.29) is 5.54 Å². The largest absolute Gasteiger partial charge is 0.314 e. The van der Waals surface area contributed by atoms with Gasteiger partial charge in [-0.05, 0) is 40.3 Å². The molecule has 0 radical (unpaired) electrons. The van der Waals surface area contributed by atoms with Gasteiger partial charge in [-0.15, -0.1) is 0 Å². The molecule has 0 aromatic carbocycles. The van der Waals surface area contributed by atoms with E-state index in [0.717, 1.165) is 13.1 Å². The summed E-state index contributed by atoms with van der Waals surface area (Å²) in [6, 6.07) is 0.611. The van der Waals surface area contributed by atoms with Crippen molar-refractivity contribution in [2.75, 3.05) is 13.1 Å². The van der Waals surface area contributed by atoms with E-state index in [4.69, 9.17) is 0 Å². The van der Waals surface area contributed by atoms with Crippen LogP contribution in [0.2, 0.25) is 0 Å². The molecule has 2 heteroatoms. The number of hydrogen-bond acceptors (Lipinski definition) is 2. The summed E-state index contributed by atoms with van der Waals surface area (Å²) in [4.78, 5) is 0. The van der Waals surface area contributed by atoms with E-state index in [1.54, 1.807) is 0 Å². The van der Waals surface area contributed by atoms with Gasteiger partial charge in [-0.25, -0.2) is 0 Å². The van der Waals surface area contributed by atoms with Crippen LogP contribution in [0.15, 0.2) is 0 Å². The van der Waals surface area contributed by atoms with Gasteiger partial charge in [0.15, 0.2) is 0 Å². The summed E-state index contributed by atoms with van der Waals surface area (Å²) >= 11 is 0. The van der Waals surface area contributed by atoms with Crippen molar-refractivity contribution in [3.05, 3.63) is 0 Å². The Kier molecular flexibility index (Phi) is 5.51. The van der Waals surface area contributed by atoms with Gasteiger partial charge in [0.2, 0.25) is 0 Å². The monoisotopic (exact) mass is 172 g/mol. The molecule has 0 rings (SSSR count). The molecule has 0 aromatic rings. The fraction of sp³-hybridized carbons (Fsp3) is 1.00. The lowest BCUT2D eigenvalue weighted by Gasteiger charge is -2.20. The van der Waals surface area contributed by atoms with Crippen LogP contribution in [0.5, 0.6) is 0 Å². The van der Waals surface area contributed by atoms with Crippen LogP contribution in [0.25, 0.3) is 0 Å². The Morgan fingerprint density at radius 3 is 2.08 bits per heavy atom. The molecular weight excluding hydrogens is 148 g/mol. The third kappa shape index (κ3) is 9.92. The Hall–Kier alpha value is -0.0800. The molecule has 0 heterocycles. The van der Waals surface area contributed by atoms with Crippen LogP contribution in [0.1, 0.15) is 41.0 Å². The third-order valence-corrected chi connectivity index (χ3v) is 1.56. The summed E-state index contributed by atoms with van der Waals surface area (Å²) in [7, 11) is 0.